The van der Waals surface area contributed by atoms with Crippen LogP contribution in [-0.4, -0.2) is 0 Å². The number of anilines is 2. The van der Waals surface area contributed by atoms with Crippen LogP contribution in [0.15, 0.2) is 114 Å². The Bertz CT molecular complexity index is 1740. The summed E-state index contributed by atoms with van der Waals surface area (Å²) < 4.78 is 6.10. The lowest BCUT2D eigenvalue weighted by molar-refractivity contribution is 0.660. The van der Waals surface area contributed by atoms with Crippen LogP contribution in [0, 0.1) is 0 Å². The van der Waals surface area contributed by atoms with Crippen molar-refractivity contribution in [2.45, 2.75) is 19.3 Å². The maximum atomic E-state index is 6.10. The topological polar surface area (TPSA) is 25.2 Å². The Hall–Kier alpha value is -4.30. The largest absolute Gasteiger partial charge is 0.456 e. The summed E-state index contributed by atoms with van der Waals surface area (Å²) in [5.41, 5.74) is 11.8. The first-order valence-corrected chi connectivity index (χ1v) is 12.1. The first kappa shape index (κ1) is 20.1. The zero-order chi connectivity index (χ0) is 23.6. The molecule has 7 rings (SSSR count). The van der Waals surface area contributed by atoms with Crippen molar-refractivity contribution >= 4 is 33.3 Å². The van der Waals surface area contributed by atoms with E-state index in [0.29, 0.717) is 0 Å². The molecule has 0 saturated heterocycles. The van der Waals surface area contributed by atoms with Crippen LogP contribution >= 0.6 is 0 Å². The molecule has 0 amide bonds. The van der Waals surface area contributed by atoms with Gasteiger partial charge in [0.1, 0.15) is 11.2 Å². The Morgan fingerprint density at radius 2 is 1.40 bits per heavy atom. The average Bonchev–Trinajstić information content (AvgIpc) is 3.38. The van der Waals surface area contributed by atoms with Gasteiger partial charge >= 0.3 is 0 Å². The van der Waals surface area contributed by atoms with Crippen LogP contribution in [0.25, 0.3) is 44.2 Å². The van der Waals surface area contributed by atoms with Crippen molar-refractivity contribution in [2.24, 2.45) is 0 Å². The summed E-state index contributed by atoms with van der Waals surface area (Å²) in [4.78, 5) is 0. The van der Waals surface area contributed by atoms with Crippen molar-refractivity contribution in [1.29, 1.82) is 0 Å². The predicted molar refractivity (Wildman–Crippen MR) is 146 cm³/mol. The standard InChI is InChI=1S/C33H25NO/c1-33(2)26-14-8-13-23(21-10-4-3-5-11-21)31(26)24-19-18-22(20-27(24)33)34-28-15-9-17-30-32(28)25-12-6-7-16-29(25)35-30/h3-20,34H,1-2H3. The van der Waals surface area contributed by atoms with Gasteiger partial charge in [0.05, 0.1) is 11.1 Å². The van der Waals surface area contributed by atoms with Gasteiger partial charge in [-0.05, 0) is 63.7 Å². The molecule has 1 aromatic heterocycles. The molecule has 0 radical (unpaired) electrons. The van der Waals surface area contributed by atoms with Gasteiger partial charge in [-0.2, -0.15) is 0 Å². The number of hydrogen-bond donors (Lipinski definition) is 1. The number of rotatable bonds is 3. The van der Waals surface area contributed by atoms with E-state index >= 15 is 0 Å². The second-order valence-corrected chi connectivity index (χ2v) is 9.88. The molecule has 2 heteroatoms. The highest BCUT2D eigenvalue weighted by Crippen LogP contribution is 2.52. The third kappa shape index (κ3) is 2.96. The molecule has 1 heterocycles. The van der Waals surface area contributed by atoms with Crippen molar-refractivity contribution in [3.05, 3.63) is 120 Å². The zero-order valence-electron chi connectivity index (χ0n) is 19.8. The van der Waals surface area contributed by atoms with Crippen molar-refractivity contribution < 1.29 is 4.42 Å². The Labute approximate surface area is 204 Å². The smallest absolute Gasteiger partial charge is 0.137 e. The molecular formula is C33H25NO. The molecule has 1 aliphatic carbocycles. The van der Waals surface area contributed by atoms with Crippen LogP contribution in [-0.2, 0) is 5.41 Å². The van der Waals surface area contributed by atoms with E-state index in [4.69, 9.17) is 4.42 Å². The highest BCUT2D eigenvalue weighted by molar-refractivity contribution is 6.12. The van der Waals surface area contributed by atoms with Crippen LogP contribution < -0.4 is 5.32 Å². The van der Waals surface area contributed by atoms with Crippen LogP contribution in [0.3, 0.4) is 0 Å². The maximum Gasteiger partial charge on any atom is 0.137 e. The van der Waals surface area contributed by atoms with Gasteiger partial charge in [0.25, 0.3) is 0 Å². The third-order valence-corrected chi connectivity index (χ3v) is 7.47. The number of benzene rings is 5. The summed E-state index contributed by atoms with van der Waals surface area (Å²) in [5, 5.41) is 5.96. The quantitative estimate of drug-likeness (QED) is 0.290. The van der Waals surface area contributed by atoms with Gasteiger partial charge in [0, 0.05) is 16.5 Å². The minimum atomic E-state index is -0.0819. The second kappa shape index (κ2) is 7.35. The first-order valence-electron chi connectivity index (χ1n) is 12.1. The molecule has 0 saturated carbocycles. The summed E-state index contributed by atoms with van der Waals surface area (Å²) in [6.07, 6.45) is 0. The summed E-state index contributed by atoms with van der Waals surface area (Å²) in [5.74, 6) is 0. The molecule has 168 valence electrons. The number of fused-ring (bicyclic) bond motifs is 6. The number of para-hydroxylation sites is 1. The van der Waals surface area contributed by atoms with Gasteiger partial charge in [-0.3, -0.25) is 0 Å². The van der Waals surface area contributed by atoms with E-state index in [1.165, 1.54) is 33.4 Å². The van der Waals surface area contributed by atoms with Gasteiger partial charge in [-0.25, -0.2) is 0 Å². The fourth-order valence-corrected chi connectivity index (χ4v) is 5.76. The van der Waals surface area contributed by atoms with Gasteiger partial charge in [-0.15, -0.1) is 0 Å². The zero-order valence-corrected chi connectivity index (χ0v) is 19.8. The van der Waals surface area contributed by atoms with E-state index in [0.717, 1.165) is 33.3 Å². The minimum Gasteiger partial charge on any atom is -0.456 e. The van der Waals surface area contributed by atoms with Crippen molar-refractivity contribution in [3.8, 4) is 22.3 Å². The molecule has 1 N–H and O–H groups in total. The summed E-state index contributed by atoms with van der Waals surface area (Å²) in [6, 6.07) is 38.7. The van der Waals surface area contributed by atoms with Gasteiger partial charge in [0.2, 0.25) is 0 Å². The lowest BCUT2D eigenvalue weighted by Crippen LogP contribution is -2.15. The third-order valence-electron chi connectivity index (χ3n) is 7.47. The number of furan rings is 1. The van der Waals surface area contributed by atoms with Gasteiger partial charge < -0.3 is 9.73 Å². The fourth-order valence-electron chi connectivity index (χ4n) is 5.76. The molecule has 0 atom stereocenters. The Morgan fingerprint density at radius 3 is 2.29 bits per heavy atom. The maximum absolute atomic E-state index is 6.10. The van der Waals surface area contributed by atoms with Crippen molar-refractivity contribution in [1.82, 2.24) is 0 Å². The molecule has 0 bridgehead atoms. The summed E-state index contributed by atoms with van der Waals surface area (Å²) in [7, 11) is 0. The van der Waals surface area contributed by atoms with Gasteiger partial charge in [0.15, 0.2) is 0 Å². The summed E-state index contributed by atoms with van der Waals surface area (Å²) in [6.45, 7) is 4.67. The first-order chi connectivity index (χ1) is 17.1. The van der Waals surface area contributed by atoms with Crippen LogP contribution in [0.1, 0.15) is 25.0 Å². The molecule has 0 spiro atoms. The van der Waals surface area contributed by atoms with Crippen LogP contribution in [0.5, 0.6) is 0 Å². The van der Waals surface area contributed by atoms with Crippen LogP contribution in [0.4, 0.5) is 11.4 Å². The van der Waals surface area contributed by atoms with E-state index in [-0.39, 0.29) is 5.41 Å². The molecule has 0 unspecified atom stereocenters. The molecular weight excluding hydrogens is 426 g/mol. The number of hydrogen-bond acceptors (Lipinski definition) is 2. The normalized spacial score (nSPS) is 13.7. The average molecular weight is 452 g/mol. The van der Waals surface area contributed by atoms with E-state index in [2.05, 4.69) is 104 Å². The van der Waals surface area contributed by atoms with E-state index < -0.39 is 0 Å². The van der Waals surface area contributed by atoms with Crippen LogP contribution in [0.2, 0.25) is 0 Å². The summed E-state index contributed by atoms with van der Waals surface area (Å²) >= 11 is 0. The van der Waals surface area contributed by atoms with Crippen molar-refractivity contribution in [2.75, 3.05) is 5.32 Å². The molecule has 2 nitrogen and oxygen atoms in total. The molecule has 0 fully saturated rings. The lowest BCUT2D eigenvalue weighted by Gasteiger charge is -2.22. The predicted octanol–water partition coefficient (Wildman–Crippen LogP) is 9.30. The molecule has 6 aromatic rings. The van der Waals surface area contributed by atoms with E-state index in [1.807, 2.05) is 24.3 Å². The molecule has 35 heavy (non-hydrogen) atoms. The monoisotopic (exact) mass is 451 g/mol. The molecule has 1 aliphatic rings. The minimum absolute atomic E-state index is 0.0819. The Morgan fingerprint density at radius 1 is 0.629 bits per heavy atom. The fraction of sp³-hybridized carbons (Fsp3) is 0.0909. The molecule has 0 aliphatic heterocycles. The Balaban J connectivity index is 1.36. The second-order valence-electron chi connectivity index (χ2n) is 9.88. The highest BCUT2D eigenvalue weighted by atomic mass is 16.3. The Kier molecular flexibility index (Phi) is 4.22. The van der Waals surface area contributed by atoms with Crippen molar-refractivity contribution in [3.63, 3.8) is 0 Å². The SMILES string of the molecule is CC1(C)c2cc(Nc3cccc4oc5ccccc5c34)ccc2-c2c(-c3ccccc3)cccc21. The lowest BCUT2D eigenvalue weighted by atomic mass is 9.82. The van der Waals surface area contributed by atoms with E-state index in [9.17, 15) is 0 Å². The van der Waals surface area contributed by atoms with Gasteiger partial charge in [-0.1, -0.05) is 92.7 Å². The highest BCUT2D eigenvalue weighted by Gasteiger charge is 2.37. The number of nitrogens with one attached hydrogen (secondary N) is 1. The molecule has 5 aromatic carbocycles. The van der Waals surface area contributed by atoms with E-state index in [1.54, 1.807) is 0 Å².